The van der Waals surface area contributed by atoms with E-state index in [1.54, 1.807) is 0 Å². The number of thioether (sulfide) groups is 1. The molecular weight excluding hydrogens is 164 g/mol. The van der Waals surface area contributed by atoms with Crippen LogP contribution in [0.4, 0.5) is 0 Å². The highest BCUT2D eigenvalue weighted by Crippen LogP contribution is 2.14. The second kappa shape index (κ2) is 7.23. The summed E-state index contributed by atoms with van der Waals surface area (Å²) in [5.41, 5.74) is 1.28. The number of allylic oxidation sites excluding steroid dienone is 4. The van der Waals surface area contributed by atoms with Crippen LogP contribution in [0.15, 0.2) is 37.0 Å². The Bertz CT molecular complexity index is 166. The minimum atomic E-state index is 0.722. The molecule has 0 bridgehead atoms. The van der Waals surface area contributed by atoms with E-state index < -0.39 is 0 Å². The van der Waals surface area contributed by atoms with Crippen molar-refractivity contribution in [3.8, 4) is 0 Å². The minimum Gasteiger partial charge on any atom is -0.159 e. The largest absolute Gasteiger partial charge is 0.159 e. The van der Waals surface area contributed by atoms with Crippen molar-refractivity contribution in [3.05, 3.63) is 37.0 Å². The fourth-order valence-electron chi connectivity index (χ4n) is 0.817. The summed E-state index contributed by atoms with van der Waals surface area (Å²) in [7, 11) is 0. The van der Waals surface area contributed by atoms with Crippen molar-refractivity contribution in [2.45, 2.75) is 25.5 Å². The molecule has 12 heavy (non-hydrogen) atoms. The molecule has 0 N–H and O–H groups in total. The molecule has 0 aliphatic heterocycles. The maximum absolute atomic E-state index is 3.75. The van der Waals surface area contributed by atoms with Gasteiger partial charge >= 0.3 is 0 Å². The summed E-state index contributed by atoms with van der Waals surface area (Å²) in [6.07, 6.45) is 6.84. The van der Waals surface area contributed by atoms with Gasteiger partial charge in [0, 0.05) is 0 Å². The third-order valence-electron chi connectivity index (χ3n) is 1.44. The van der Waals surface area contributed by atoms with Crippen LogP contribution in [-0.4, -0.2) is 11.0 Å². The third-order valence-corrected chi connectivity index (χ3v) is 2.54. The topological polar surface area (TPSA) is 0 Å². The summed E-state index contributed by atoms with van der Waals surface area (Å²) in [6.45, 7) is 11.8. The Morgan fingerprint density at radius 2 is 2.08 bits per heavy atom. The second-order valence-corrected chi connectivity index (χ2v) is 4.54. The van der Waals surface area contributed by atoms with E-state index in [1.165, 1.54) is 11.3 Å². The van der Waals surface area contributed by atoms with Gasteiger partial charge in [0.1, 0.15) is 0 Å². The average Bonchev–Trinajstić information content (AvgIpc) is 2.02. The van der Waals surface area contributed by atoms with Gasteiger partial charge in [0.15, 0.2) is 0 Å². The van der Waals surface area contributed by atoms with Gasteiger partial charge in [-0.2, -0.15) is 11.8 Å². The van der Waals surface area contributed by atoms with Gasteiger partial charge in [-0.25, -0.2) is 0 Å². The van der Waals surface area contributed by atoms with Crippen LogP contribution in [0.5, 0.6) is 0 Å². The standard InChI is InChI=1S/C11H18S/c1-5-7-11(6-2)8-9-12-10(3)4/h5-7,10H,1-2,8-9H2,3-4H3/b11-7+. The summed E-state index contributed by atoms with van der Waals surface area (Å²) < 4.78 is 0. The molecule has 0 saturated heterocycles. The van der Waals surface area contributed by atoms with Crippen LogP contribution in [0.25, 0.3) is 0 Å². The first-order valence-corrected chi connectivity index (χ1v) is 5.31. The molecule has 1 heteroatoms. The molecule has 0 aromatic heterocycles. The number of rotatable bonds is 6. The van der Waals surface area contributed by atoms with Crippen molar-refractivity contribution >= 4 is 11.8 Å². The molecule has 0 spiro atoms. The lowest BCUT2D eigenvalue weighted by molar-refractivity contribution is 1.09. The van der Waals surface area contributed by atoms with Crippen LogP contribution in [0.3, 0.4) is 0 Å². The summed E-state index contributed by atoms with van der Waals surface area (Å²) in [5, 5.41) is 0.722. The number of hydrogen-bond acceptors (Lipinski definition) is 1. The molecule has 0 nitrogen and oxygen atoms in total. The highest BCUT2D eigenvalue weighted by Gasteiger charge is 1.95. The van der Waals surface area contributed by atoms with Gasteiger partial charge in [-0.1, -0.05) is 45.2 Å². The van der Waals surface area contributed by atoms with Crippen molar-refractivity contribution < 1.29 is 0 Å². The van der Waals surface area contributed by atoms with Crippen LogP contribution in [0, 0.1) is 0 Å². The molecule has 0 aromatic carbocycles. The second-order valence-electron chi connectivity index (χ2n) is 2.85. The average molecular weight is 182 g/mol. The zero-order chi connectivity index (χ0) is 9.40. The van der Waals surface area contributed by atoms with Crippen LogP contribution in [0.1, 0.15) is 20.3 Å². The molecule has 0 aliphatic carbocycles. The Labute approximate surface area is 80.4 Å². The first-order valence-electron chi connectivity index (χ1n) is 4.26. The Balaban J connectivity index is 3.66. The summed E-state index contributed by atoms with van der Waals surface area (Å²) >= 11 is 1.98. The van der Waals surface area contributed by atoms with Crippen molar-refractivity contribution in [3.63, 3.8) is 0 Å². The van der Waals surface area contributed by atoms with Crippen molar-refractivity contribution in [2.75, 3.05) is 5.75 Å². The highest BCUT2D eigenvalue weighted by molar-refractivity contribution is 7.99. The molecular formula is C11H18S. The van der Waals surface area contributed by atoms with E-state index in [-0.39, 0.29) is 0 Å². The molecule has 0 amide bonds. The first-order chi connectivity index (χ1) is 5.70. The first kappa shape index (κ1) is 11.6. The van der Waals surface area contributed by atoms with Gasteiger partial charge in [-0.15, -0.1) is 0 Å². The molecule has 0 saturated carbocycles. The molecule has 0 radical (unpaired) electrons. The minimum absolute atomic E-state index is 0.722. The third kappa shape index (κ3) is 6.29. The summed E-state index contributed by atoms with van der Waals surface area (Å²) in [6, 6.07) is 0. The van der Waals surface area contributed by atoms with E-state index >= 15 is 0 Å². The Morgan fingerprint density at radius 3 is 2.50 bits per heavy atom. The van der Waals surface area contributed by atoms with Crippen molar-refractivity contribution in [1.82, 2.24) is 0 Å². The molecule has 0 aliphatic rings. The summed E-state index contributed by atoms with van der Waals surface area (Å²) in [5.74, 6) is 1.17. The molecule has 0 rings (SSSR count). The fourth-order valence-corrected chi connectivity index (χ4v) is 1.64. The Morgan fingerprint density at radius 1 is 1.42 bits per heavy atom. The van der Waals surface area contributed by atoms with E-state index in [0.717, 1.165) is 11.7 Å². The van der Waals surface area contributed by atoms with Gasteiger partial charge in [-0.3, -0.25) is 0 Å². The molecule has 0 unspecified atom stereocenters. The fraction of sp³-hybridized carbons (Fsp3) is 0.455. The smallest absolute Gasteiger partial charge is 0.000957 e. The van der Waals surface area contributed by atoms with Gasteiger partial charge in [0.2, 0.25) is 0 Å². The molecule has 0 atom stereocenters. The van der Waals surface area contributed by atoms with Gasteiger partial charge in [0.25, 0.3) is 0 Å². The van der Waals surface area contributed by atoms with Crippen LogP contribution < -0.4 is 0 Å². The monoisotopic (exact) mass is 182 g/mol. The van der Waals surface area contributed by atoms with Crippen molar-refractivity contribution in [2.24, 2.45) is 0 Å². The van der Waals surface area contributed by atoms with E-state index in [2.05, 4.69) is 27.0 Å². The van der Waals surface area contributed by atoms with E-state index in [1.807, 2.05) is 30.0 Å². The van der Waals surface area contributed by atoms with E-state index in [9.17, 15) is 0 Å². The van der Waals surface area contributed by atoms with Gasteiger partial charge in [-0.05, 0) is 23.0 Å². The zero-order valence-corrected chi connectivity index (χ0v) is 8.86. The molecule has 0 fully saturated rings. The predicted octanol–water partition coefficient (Wildman–Crippen LogP) is 3.82. The van der Waals surface area contributed by atoms with Crippen LogP contribution in [-0.2, 0) is 0 Å². The number of hydrogen-bond donors (Lipinski definition) is 0. The quantitative estimate of drug-likeness (QED) is 0.563. The highest BCUT2D eigenvalue weighted by atomic mass is 32.2. The van der Waals surface area contributed by atoms with E-state index in [4.69, 9.17) is 0 Å². The lowest BCUT2D eigenvalue weighted by Gasteiger charge is -2.04. The Hall–Kier alpha value is -0.430. The molecule has 0 aromatic rings. The van der Waals surface area contributed by atoms with Crippen molar-refractivity contribution in [1.29, 1.82) is 0 Å². The SMILES string of the molecule is C=C/C=C(\C=C)CCSC(C)C. The Kier molecular flexibility index (Phi) is 6.97. The van der Waals surface area contributed by atoms with Gasteiger partial charge < -0.3 is 0 Å². The lowest BCUT2D eigenvalue weighted by atomic mass is 10.2. The predicted molar refractivity (Wildman–Crippen MR) is 60.7 cm³/mol. The lowest BCUT2D eigenvalue weighted by Crippen LogP contribution is -1.90. The van der Waals surface area contributed by atoms with E-state index in [0.29, 0.717) is 0 Å². The maximum Gasteiger partial charge on any atom is -0.000957 e. The summed E-state index contributed by atoms with van der Waals surface area (Å²) in [4.78, 5) is 0. The maximum atomic E-state index is 3.75. The molecule has 0 heterocycles. The van der Waals surface area contributed by atoms with Gasteiger partial charge in [0.05, 0.1) is 0 Å². The zero-order valence-electron chi connectivity index (χ0n) is 8.05. The van der Waals surface area contributed by atoms with Crippen LogP contribution in [0.2, 0.25) is 0 Å². The van der Waals surface area contributed by atoms with Crippen LogP contribution >= 0.6 is 11.8 Å². The normalized spacial score (nSPS) is 11.8. The molecule has 68 valence electrons.